The molecule has 26 heavy (non-hydrogen) atoms. The smallest absolute Gasteiger partial charge is 0.276 e. The summed E-state index contributed by atoms with van der Waals surface area (Å²) in [6.07, 6.45) is 0.754. The van der Waals surface area contributed by atoms with Crippen molar-refractivity contribution in [3.8, 4) is 11.5 Å². The second kappa shape index (κ2) is 7.03. The van der Waals surface area contributed by atoms with E-state index in [1.54, 1.807) is 6.07 Å². The molecule has 6 nitrogen and oxygen atoms in total. The number of benzene rings is 2. The summed E-state index contributed by atoms with van der Waals surface area (Å²) in [6, 6.07) is 11.0. The lowest BCUT2D eigenvalue weighted by Crippen LogP contribution is -2.44. The average molecular weight is 358 g/mol. The van der Waals surface area contributed by atoms with E-state index < -0.39 is 17.6 Å². The topological polar surface area (TPSA) is 76.7 Å². The van der Waals surface area contributed by atoms with Crippen LogP contribution in [0.5, 0.6) is 11.5 Å². The van der Waals surface area contributed by atoms with E-state index in [0.717, 1.165) is 18.1 Å². The predicted octanol–water partition coefficient (Wildman–Crippen LogP) is 2.38. The summed E-state index contributed by atoms with van der Waals surface area (Å²) < 4.78 is 24.9. The second-order valence-corrected chi connectivity index (χ2v) is 6.55. The number of para-hydroxylation sites is 1. The van der Waals surface area contributed by atoms with Crippen LogP contribution < -0.4 is 20.3 Å². The van der Waals surface area contributed by atoms with Crippen molar-refractivity contribution >= 4 is 11.8 Å². The lowest BCUT2D eigenvalue weighted by Gasteiger charge is -2.18. The molecule has 0 unspecified atom stereocenters. The summed E-state index contributed by atoms with van der Waals surface area (Å²) in [5, 5.41) is 0. The first kappa shape index (κ1) is 17.7. The molecule has 2 amide bonds. The van der Waals surface area contributed by atoms with E-state index in [1.807, 2.05) is 26.0 Å². The summed E-state index contributed by atoms with van der Waals surface area (Å²) in [5.74, 6) is -0.911. The van der Waals surface area contributed by atoms with E-state index in [1.165, 1.54) is 18.2 Å². The van der Waals surface area contributed by atoms with Gasteiger partial charge in [0.05, 0.1) is 5.56 Å². The molecule has 0 saturated carbocycles. The Morgan fingerprint density at radius 2 is 1.92 bits per heavy atom. The van der Waals surface area contributed by atoms with Gasteiger partial charge in [-0.1, -0.05) is 24.3 Å². The fraction of sp³-hybridized carbons (Fsp3) is 0.263. The zero-order valence-corrected chi connectivity index (χ0v) is 14.5. The Morgan fingerprint density at radius 3 is 2.69 bits per heavy atom. The van der Waals surface area contributed by atoms with E-state index >= 15 is 0 Å². The third-order valence-corrected chi connectivity index (χ3v) is 3.85. The molecule has 0 saturated heterocycles. The minimum atomic E-state index is -0.748. The molecule has 0 spiro atoms. The molecule has 0 bridgehead atoms. The number of hydrazine groups is 1. The Labute approximate surface area is 150 Å². The Bertz CT molecular complexity index is 851. The van der Waals surface area contributed by atoms with Gasteiger partial charge in [0, 0.05) is 12.0 Å². The third-order valence-electron chi connectivity index (χ3n) is 3.85. The fourth-order valence-corrected chi connectivity index (χ4v) is 2.72. The molecule has 2 N–H and O–H groups in total. The summed E-state index contributed by atoms with van der Waals surface area (Å²) in [5.41, 5.74) is 4.87. The van der Waals surface area contributed by atoms with Crippen molar-refractivity contribution in [3.05, 3.63) is 59.4 Å². The molecule has 0 aliphatic carbocycles. The summed E-state index contributed by atoms with van der Waals surface area (Å²) in [4.78, 5) is 23.7. The molecule has 136 valence electrons. The van der Waals surface area contributed by atoms with Crippen LogP contribution in [0.15, 0.2) is 42.5 Å². The molecular formula is C19H19FN2O4. The fourth-order valence-electron chi connectivity index (χ4n) is 2.72. The molecule has 2 aromatic rings. The van der Waals surface area contributed by atoms with Crippen LogP contribution in [0.1, 0.15) is 29.8 Å². The van der Waals surface area contributed by atoms with Crippen molar-refractivity contribution in [2.45, 2.75) is 25.9 Å². The van der Waals surface area contributed by atoms with Gasteiger partial charge in [0.15, 0.2) is 18.1 Å². The van der Waals surface area contributed by atoms with Gasteiger partial charge in [0.2, 0.25) is 0 Å². The summed E-state index contributed by atoms with van der Waals surface area (Å²) in [6.45, 7) is 3.63. The van der Waals surface area contributed by atoms with Gasteiger partial charge in [0.1, 0.15) is 11.4 Å². The second-order valence-electron chi connectivity index (χ2n) is 6.55. The van der Waals surface area contributed by atoms with Gasteiger partial charge in [0.25, 0.3) is 11.8 Å². The quantitative estimate of drug-likeness (QED) is 0.823. The number of fused-ring (bicyclic) bond motifs is 1. The van der Waals surface area contributed by atoms with Gasteiger partial charge in [-0.05, 0) is 32.0 Å². The maximum absolute atomic E-state index is 13.5. The van der Waals surface area contributed by atoms with E-state index in [0.29, 0.717) is 11.5 Å². The molecule has 0 fully saturated rings. The SMILES string of the molecule is CC1(C)Cc2cccc(OCC(=O)NNC(=O)c3ccccc3F)c2O1. The monoisotopic (exact) mass is 358 g/mol. The van der Waals surface area contributed by atoms with E-state index in [2.05, 4.69) is 10.9 Å². The number of hydrogen-bond acceptors (Lipinski definition) is 4. The van der Waals surface area contributed by atoms with Gasteiger partial charge >= 0.3 is 0 Å². The van der Waals surface area contributed by atoms with Crippen LogP contribution in [-0.2, 0) is 11.2 Å². The van der Waals surface area contributed by atoms with Crippen molar-refractivity contribution in [2.24, 2.45) is 0 Å². The number of carbonyl (C=O) groups is 2. The molecule has 7 heteroatoms. The van der Waals surface area contributed by atoms with Gasteiger partial charge < -0.3 is 9.47 Å². The van der Waals surface area contributed by atoms with Crippen LogP contribution in [0.25, 0.3) is 0 Å². The number of halogens is 1. The summed E-state index contributed by atoms with van der Waals surface area (Å²) in [7, 11) is 0. The lowest BCUT2D eigenvalue weighted by molar-refractivity contribution is -0.123. The van der Waals surface area contributed by atoms with E-state index in [-0.39, 0.29) is 17.8 Å². The van der Waals surface area contributed by atoms with Gasteiger partial charge in [-0.25, -0.2) is 4.39 Å². The number of amides is 2. The molecule has 1 aliphatic heterocycles. The zero-order chi connectivity index (χ0) is 18.7. The first-order chi connectivity index (χ1) is 12.4. The van der Waals surface area contributed by atoms with Crippen LogP contribution in [0.3, 0.4) is 0 Å². The van der Waals surface area contributed by atoms with Crippen LogP contribution in [-0.4, -0.2) is 24.0 Å². The summed E-state index contributed by atoms with van der Waals surface area (Å²) >= 11 is 0. The number of rotatable bonds is 4. The van der Waals surface area contributed by atoms with Crippen LogP contribution in [0.4, 0.5) is 4.39 Å². The molecule has 1 aliphatic rings. The van der Waals surface area contributed by atoms with Crippen LogP contribution in [0, 0.1) is 5.82 Å². The number of ether oxygens (including phenoxy) is 2. The van der Waals surface area contributed by atoms with E-state index in [4.69, 9.17) is 9.47 Å². The lowest BCUT2D eigenvalue weighted by atomic mass is 10.0. The molecule has 0 aromatic heterocycles. The molecule has 0 radical (unpaired) electrons. The van der Waals surface area contributed by atoms with Crippen LogP contribution >= 0.6 is 0 Å². The largest absolute Gasteiger partial charge is 0.483 e. The third kappa shape index (κ3) is 3.93. The highest BCUT2D eigenvalue weighted by Gasteiger charge is 2.32. The minimum absolute atomic E-state index is 0.162. The highest BCUT2D eigenvalue weighted by atomic mass is 19.1. The van der Waals surface area contributed by atoms with Gasteiger partial charge in [-0.2, -0.15) is 0 Å². The number of nitrogens with one attached hydrogen (secondary N) is 2. The molecular weight excluding hydrogens is 339 g/mol. The van der Waals surface area contributed by atoms with Crippen molar-refractivity contribution in [1.82, 2.24) is 10.9 Å². The molecule has 2 aromatic carbocycles. The van der Waals surface area contributed by atoms with Crippen molar-refractivity contribution in [2.75, 3.05) is 6.61 Å². The van der Waals surface area contributed by atoms with Gasteiger partial charge in [-0.3, -0.25) is 20.4 Å². The first-order valence-corrected chi connectivity index (χ1v) is 8.13. The Balaban J connectivity index is 1.54. The number of hydrogen-bond donors (Lipinski definition) is 2. The van der Waals surface area contributed by atoms with Crippen molar-refractivity contribution < 1.29 is 23.5 Å². The Hall–Kier alpha value is -3.09. The molecule has 0 atom stereocenters. The Kier molecular flexibility index (Phi) is 4.79. The van der Waals surface area contributed by atoms with E-state index in [9.17, 15) is 14.0 Å². The maximum Gasteiger partial charge on any atom is 0.276 e. The normalized spacial score (nSPS) is 14.1. The highest BCUT2D eigenvalue weighted by Crippen LogP contribution is 2.41. The van der Waals surface area contributed by atoms with Crippen molar-refractivity contribution in [3.63, 3.8) is 0 Å². The van der Waals surface area contributed by atoms with Gasteiger partial charge in [-0.15, -0.1) is 0 Å². The highest BCUT2D eigenvalue weighted by molar-refractivity contribution is 5.95. The molecule has 3 rings (SSSR count). The standard InChI is InChI=1S/C19H19FN2O4/c1-19(2)10-12-6-5-9-15(17(12)26-19)25-11-16(23)21-22-18(24)13-7-3-4-8-14(13)20/h3-9H,10-11H2,1-2H3,(H,21,23)(H,22,24). The zero-order valence-electron chi connectivity index (χ0n) is 14.5. The first-order valence-electron chi connectivity index (χ1n) is 8.13. The Morgan fingerprint density at radius 1 is 1.15 bits per heavy atom. The molecule has 1 heterocycles. The maximum atomic E-state index is 13.5. The predicted molar refractivity (Wildman–Crippen MR) is 92.4 cm³/mol. The van der Waals surface area contributed by atoms with Crippen LogP contribution in [0.2, 0.25) is 0 Å². The average Bonchev–Trinajstić information content (AvgIpc) is 2.92. The number of carbonyl (C=O) groups excluding carboxylic acids is 2. The van der Waals surface area contributed by atoms with Crippen molar-refractivity contribution in [1.29, 1.82) is 0 Å². The minimum Gasteiger partial charge on any atom is -0.483 e.